The minimum absolute atomic E-state index is 0.100. The first-order valence-electron chi connectivity index (χ1n) is 9.58. The fourth-order valence-corrected chi connectivity index (χ4v) is 4.17. The molecule has 0 saturated heterocycles. The van der Waals surface area contributed by atoms with Gasteiger partial charge in [0.05, 0.1) is 5.69 Å². The summed E-state index contributed by atoms with van der Waals surface area (Å²) in [6, 6.07) is 11.0. The largest absolute Gasteiger partial charge is 0.369 e. The van der Waals surface area contributed by atoms with E-state index in [2.05, 4.69) is 17.1 Å². The highest BCUT2D eigenvalue weighted by molar-refractivity contribution is 5.92. The fraction of sp³-hybridized carbons (Fsp3) is 0.227. The number of nitrogens with zero attached hydrogens (tertiary/aromatic N) is 4. The Hall–Kier alpha value is -3.48. The molecule has 2 aromatic heterocycles. The molecule has 29 heavy (non-hydrogen) atoms. The van der Waals surface area contributed by atoms with Crippen LogP contribution in [-0.4, -0.2) is 31.7 Å². The van der Waals surface area contributed by atoms with Crippen molar-refractivity contribution < 1.29 is 9.18 Å². The lowest BCUT2D eigenvalue weighted by molar-refractivity contribution is -0.129. The summed E-state index contributed by atoms with van der Waals surface area (Å²) in [5.41, 5.74) is 11.4. The number of carbonyl (C=O) groups is 1. The molecule has 0 spiro atoms. The van der Waals surface area contributed by atoms with Gasteiger partial charge in [-0.3, -0.25) is 9.20 Å². The highest BCUT2D eigenvalue weighted by Gasteiger charge is 2.21. The molecule has 1 amide bonds. The van der Waals surface area contributed by atoms with Crippen LogP contribution in [0.5, 0.6) is 0 Å². The highest BCUT2D eigenvalue weighted by atomic mass is 19.1. The number of fused-ring (bicyclic) bond motifs is 4. The number of benzene rings is 2. The van der Waals surface area contributed by atoms with Crippen molar-refractivity contribution in [2.75, 3.05) is 12.3 Å². The minimum Gasteiger partial charge on any atom is -0.369 e. The number of para-hydroxylation sites is 1. The van der Waals surface area contributed by atoms with Crippen LogP contribution < -0.4 is 5.73 Å². The number of aromatic nitrogens is 3. The van der Waals surface area contributed by atoms with E-state index in [1.54, 1.807) is 23.5 Å². The Balaban J connectivity index is 1.56. The van der Waals surface area contributed by atoms with Gasteiger partial charge in [0.25, 0.3) is 0 Å². The monoisotopic (exact) mass is 389 g/mol. The van der Waals surface area contributed by atoms with Gasteiger partial charge in [-0.25, -0.2) is 14.4 Å². The van der Waals surface area contributed by atoms with Crippen molar-refractivity contribution in [3.05, 3.63) is 70.8 Å². The van der Waals surface area contributed by atoms with Gasteiger partial charge in [-0.05, 0) is 35.2 Å². The number of carbonyl (C=O) groups excluding carboxylic acids is 1. The van der Waals surface area contributed by atoms with E-state index >= 15 is 0 Å². The molecule has 2 aromatic carbocycles. The Bertz CT molecular complexity index is 1280. The summed E-state index contributed by atoms with van der Waals surface area (Å²) in [7, 11) is 0. The molecule has 1 aliphatic rings. The normalized spacial score (nSPS) is 13.8. The second-order valence-corrected chi connectivity index (χ2v) is 7.45. The number of amides is 1. The van der Waals surface area contributed by atoms with Crippen LogP contribution in [0.15, 0.2) is 42.6 Å². The van der Waals surface area contributed by atoms with E-state index in [1.165, 1.54) is 22.8 Å². The van der Waals surface area contributed by atoms with Crippen LogP contribution >= 0.6 is 0 Å². The highest BCUT2D eigenvalue weighted by Crippen LogP contribution is 2.27. The van der Waals surface area contributed by atoms with Crippen LogP contribution in [0.2, 0.25) is 0 Å². The van der Waals surface area contributed by atoms with Gasteiger partial charge in [0.1, 0.15) is 17.0 Å². The Morgan fingerprint density at radius 1 is 1.21 bits per heavy atom. The van der Waals surface area contributed by atoms with Crippen molar-refractivity contribution in [1.29, 1.82) is 0 Å². The molecule has 2 N–H and O–H groups in total. The van der Waals surface area contributed by atoms with E-state index in [0.29, 0.717) is 24.0 Å². The number of nitrogen functional groups attached to an aromatic ring is 1. The molecule has 4 aromatic rings. The Kier molecular flexibility index (Phi) is 3.97. The van der Waals surface area contributed by atoms with Crippen LogP contribution in [-0.2, 0) is 24.2 Å². The summed E-state index contributed by atoms with van der Waals surface area (Å²) in [5, 5.41) is 0.637. The van der Waals surface area contributed by atoms with Gasteiger partial charge in [-0.2, -0.15) is 0 Å². The Morgan fingerprint density at radius 2 is 2.03 bits per heavy atom. The Labute approximate surface area is 166 Å². The maximum Gasteiger partial charge on any atom is 0.219 e. The van der Waals surface area contributed by atoms with E-state index in [-0.39, 0.29) is 17.4 Å². The van der Waals surface area contributed by atoms with E-state index in [0.717, 1.165) is 18.7 Å². The summed E-state index contributed by atoms with van der Waals surface area (Å²) in [4.78, 5) is 22.5. The molecule has 146 valence electrons. The molecule has 5 rings (SSSR count). The average molecular weight is 389 g/mol. The van der Waals surface area contributed by atoms with Gasteiger partial charge in [-0.1, -0.05) is 24.3 Å². The van der Waals surface area contributed by atoms with Crippen molar-refractivity contribution in [1.82, 2.24) is 19.3 Å². The van der Waals surface area contributed by atoms with Gasteiger partial charge in [-0.15, -0.1) is 0 Å². The third-order valence-corrected chi connectivity index (χ3v) is 5.64. The topological polar surface area (TPSA) is 76.5 Å². The number of hydrogen-bond donors (Lipinski definition) is 1. The minimum atomic E-state index is -0.409. The second kappa shape index (κ2) is 6.55. The number of hydrogen-bond acceptors (Lipinski definition) is 4. The van der Waals surface area contributed by atoms with Crippen LogP contribution in [0.1, 0.15) is 29.3 Å². The third kappa shape index (κ3) is 2.90. The lowest BCUT2D eigenvalue weighted by atomic mass is 9.92. The standard InChI is InChI=1S/C22H20FN5O/c1-13(29)27-9-8-17-14(4-2-5-15(17)11-27)10-16-12-28-21(25-16)18-6-3-7-19(23)20(18)26-22(28)24/h2-7,12H,8-11H2,1H3,(H2,24,26). The lowest BCUT2D eigenvalue weighted by Gasteiger charge is -2.29. The number of halogens is 1. The number of rotatable bonds is 2. The summed E-state index contributed by atoms with van der Waals surface area (Å²) >= 11 is 0. The predicted octanol–water partition coefficient (Wildman–Crippen LogP) is 3.10. The van der Waals surface area contributed by atoms with Crippen LogP contribution in [0, 0.1) is 5.82 Å². The zero-order chi connectivity index (χ0) is 20.1. The first-order valence-corrected chi connectivity index (χ1v) is 9.58. The number of imidazole rings is 1. The van der Waals surface area contributed by atoms with Crippen molar-refractivity contribution >= 4 is 28.4 Å². The molecule has 0 radical (unpaired) electrons. The SMILES string of the molecule is CC(=O)N1CCc2c(Cc3cn4c(N)nc5c(F)cccc5c4n3)cccc2C1. The first-order chi connectivity index (χ1) is 14.0. The maximum atomic E-state index is 14.1. The molecule has 6 nitrogen and oxygen atoms in total. The number of anilines is 1. The molecular weight excluding hydrogens is 369 g/mol. The molecule has 0 aliphatic carbocycles. The summed E-state index contributed by atoms with van der Waals surface area (Å²) in [5.74, 6) is -0.0968. The molecule has 0 fully saturated rings. The summed E-state index contributed by atoms with van der Waals surface area (Å²) in [6.07, 6.45) is 3.34. The van der Waals surface area contributed by atoms with Gasteiger partial charge in [0.2, 0.25) is 11.9 Å². The smallest absolute Gasteiger partial charge is 0.219 e. The van der Waals surface area contributed by atoms with E-state index in [9.17, 15) is 9.18 Å². The first kappa shape index (κ1) is 17.6. The average Bonchev–Trinajstić information content (AvgIpc) is 3.13. The zero-order valence-electron chi connectivity index (χ0n) is 16.0. The van der Waals surface area contributed by atoms with Crippen molar-refractivity contribution in [3.8, 4) is 0 Å². The molecular formula is C22H20FN5O. The van der Waals surface area contributed by atoms with Crippen LogP contribution in [0.4, 0.5) is 10.3 Å². The van der Waals surface area contributed by atoms with Gasteiger partial charge >= 0.3 is 0 Å². The lowest BCUT2D eigenvalue weighted by Crippen LogP contribution is -2.34. The van der Waals surface area contributed by atoms with E-state index in [1.807, 2.05) is 17.2 Å². The molecule has 7 heteroatoms. The van der Waals surface area contributed by atoms with Crippen molar-refractivity contribution in [2.24, 2.45) is 0 Å². The molecule has 0 bridgehead atoms. The van der Waals surface area contributed by atoms with Gasteiger partial charge in [0, 0.05) is 38.0 Å². The van der Waals surface area contributed by atoms with Crippen LogP contribution in [0.3, 0.4) is 0 Å². The molecule has 3 heterocycles. The Morgan fingerprint density at radius 3 is 2.86 bits per heavy atom. The second-order valence-electron chi connectivity index (χ2n) is 7.45. The quantitative estimate of drug-likeness (QED) is 0.572. The van der Waals surface area contributed by atoms with E-state index in [4.69, 9.17) is 10.7 Å². The summed E-state index contributed by atoms with van der Waals surface area (Å²) < 4.78 is 15.9. The van der Waals surface area contributed by atoms with Crippen molar-refractivity contribution in [3.63, 3.8) is 0 Å². The molecule has 1 aliphatic heterocycles. The molecule has 0 unspecified atom stereocenters. The van der Waals surface area contributed by atoms with Gasteiger partial charge in [0.15, 0.2) is 0 Å². The van der Waals surface area contributed by atoms with Crippen LogP contribution in [0.25, 0.3) is 16.6 Å². The summed E-state index contributed by atoms with van der Waals surface area (Å²) in [6.45, 7) is 2.98. The van der Waals surface area contributed by atoms with Crippen molar-refractivity contribution in [2.45, 2.75) is 26.3 Å². The molecule has 0 atom stereocenters. The third-order valence-electron chi connectivity index (χ3n) is 5.64. The predicted molar refractivity (Wildman–Crippen MR) is 109 cm³/mol. The maximum absolute atomic E-state index is 14.1. The van der Waals surface area contributed by atoms with Gasteiger partial charge < -0.3 is 10.6 Å². The zero-order valence-corrected chi connectivity index (χ0v) is 16.0. The molecule has 0 saturated carbocycles. The fourth-order valence-electron chi connectivity index (χ4n) is 4.17. The van der Waals surface area contributed by atoms with E-state index < -0.39 is 5.82 Å². The number of nitrogens with two attached hydrogens (primary N) is 1.